The Hall–Kier alpha value is -1.49. The van der Waals surface area contributed by atoms with Crippen molar-refractivity contribution in [2.75, 3.05) is 7.11 Å². The van der Waals surface area contributed by atoms with Crippen molar-refractivity contribution in [2.45, 2.75) is 32.6 Å². The van der Waals surface area contributed by atoms with Gasteiger partial charge in [0.05, 0.1) is 13.2 Å². The lowest BCUT2D eigenvalue weighted by Gasteiger charge is -2.08. The smallest absolute Gasteiger partial charge is 0.122 e. The van der Waals surface area contributed by atoms with Crippen molar-refractivity contribution in [2.24, 2.45) is 0 Å². The molecule has 0 aliphatic rings. The largest absolute Gasteiger partial charge is 0.496 e. The predicted molar refractivity (Wildman–Crippen MR) is 60.9 cm³/mol. The monoisotopic (exact) mass is 203 g/mol. The van der Waals surface area contributed by atoms with Gasteiger partial charge in [-0.25, -0.2) is 0 Å². The second kappa shape index (κ2) is 6.08. The van der Waals surface area contributed by atoms with E-state index in [2.05, 4.69) is 25.1 Å². The molecule has 0 saturated carbocycles. The molecule has 0 aromatic heterocycles. The van der Waals surface area contributed by atoms with Crippen LogP contribution in [-0.4, -0.2) is 7.11 Å². The Morgan fingerprint density at radius 3 is 2.80 bits per heavy atom. The SMILES string of the molecule is COc1ccc(C)cc1CCCCC#N. The number of ether oxygens (including phenoxy) is 1. The fourth-order valence-corrected chi connectivity index (χ4v) is 1.62. The maximum atomic E-state index is 8.43. The number of nitrogens with zero attached hydrogens (tertiary/aromatic N) is 1. The highest BCUT2D eigenvalue weighted by molar-refractivity contribution is 5.36. The third-order valence-corrected chi connectivity index (χ3v) is 2.42. The number of hydrogen-bond acceptors (Lipinski definition) is 2. The molecule has 0 unspecified atom stereocenters. The first-order chi connectivity index (χ1) is 7.27. The molecule has 0 aliphatic heterocycles. The lowest BCUT2D eigenvalue weighted by molar-refractivity contribution is 0.409. The molecule has 0 saturated heterocycles. The summed E-state index contributed by atoms with van der Waals surface area (Å²) in [6, 6.07) is 8.38. The van der Waals surface area contributed by atoms with Gasteiger partial charge in [-0.2, -0.15) is 5.26 Å². The summed E-state index contributed by atoms with van der Waals surface area (Å²) >= 11 is 0. The van der Waals surface area contributed by atoms with Crippen molar-refractivity contribution in [1.29, 1.82) is 5.26 Å². The van der Waals surface area contributed by atoms with Crippen molar-refractivity contribution in [3.05, 3.63) is 29.3 Å². The summed E-state index contributed by atoms with van der Waals surface area (Å²) in [6.45, 7) is 2.08. The molecule has 0 spiro atoms. The minimum Gasteiger partial charge on any atom is -0.496 e. The number of methoxy groups -OCH3 is 1. The Morgan fingerprint density at radius 2 is 2.13 bits per heavy atom. The normalized spacial score (nSPS) is 9.67. The number of aryl methyl sites for hydroxylation is 2. The van der Waals surface area contributed by atoms with Crippen LogP contribution in [0.1, 0.15) is 30.4 Å². The minimum absolute atomic E-state index is 0.647. The van der Waals surface area contributed by atoms with Crippen molar-refractivity contribution in [3.63, 3.8) is 0 Å². The highest BCUT2D eigenvalue weighted by Gasteiger charge is 2.02. The first-order valence-electron chi connectivity index (χ1n) is 5.28. The Balaban J connectivity index is 2.58. The van der Waals surface area contributed by atoms with E-state index < -0.39 is 0 Å². The summed E-state index contributed by atoms with van der Waals surface area (Å²) in [5.41, 5.74) is 2.50. The van der Waals surface area contributed by atoms with E-state index in [9.17, 15) is 0 Å². The van der Waals surface area contributed by atoms with Crippen molar-refractivity contribution >= 4 is 0 Å². The fourth-order valence-electron chi connectivity index (χ4n) is 1.62. The van der Waals surface area contributed by atoms with Crippen LogP contribution in [0.5, 0.6) is 5.75 Å². The molecule has 0 heterocycles. The van der Waals surface area contributed by atoms with E-state index in [1.807, 2.05) is 6.07 Å². The molecule has 2 nitrogen and oxygen atoms in total. The minimum atomic E-state index is 0.647. The number of unbranched alkanes of at least 4 members (excludes halogenated alkanes) is 2. The number of nitriles is 1. The van der Waals surface area contributed by atoms with Crippen LogP contribution in [0.4, 0.5) is 0 Å². The maximum absolute atomic E-state index is 8.43. The van der Waals surface area contributed by atoms with Crippen LogP contribution in [0.2, 0.25) is 0 Å². The standard InChI is InChI=1S/C13H17NO/c1-11-7-8-13(15-2)12(10-11)6-4-3-5-9-14/h7-8,10H,3-6H2,1-2H3. The third kappa shape index (κ3) is 3.63. The molecule has 0 aliphatic carbocycles. The van der Waals surface area contributed by atoms with Gasteiger partial charge in [-0.15, -0.1) is 0 Å². The van der Waals surface area contributed by atoms with Crippen molar-refractivity contribution < 1.29 is 4.74 Å². The van der Waals surface area contributed by atoms with Crippen LogP contribution < -0.4 is 4.74 Å². The fraction of sp³-hybridized carbons (Fsp3) is 0.462. The van der Waals surface area contributed by atoms with Crippen LogP contribution >= 0.6 is 0 Å². The molecular formula is C13H17NO. The Bertz CT molecular complexity index is 352. The van der Waals surface area contributed by atoms with E-state index in [4.69, 9.17) is 10.00 Å². The van der Waals surface area contributed by atoms with E-state index in [0.717, 1.165) is 25.0 Å². The molecular weight excluding hydrogens is 186 g/mol. The molecule has 80 valence electrons. The third-order valence-electron chi connectivity index (χ3n) is 2.42. The van der Waals surface area contributed by atoms with Gasteiger partial charge < -0.3 is 4.74 Å². The Kier molecular flexibility index (Phi) is 4.70. The first-order valence-corrected chi connectivity index (χ1v) is 5.28. The van der Waals surface area contributed by atoms with Gasteiger partial charge in [-0.3, -0.25) is 0 Å². The summed E-state index contributed by atoms with van der Waals surface area (Å²) in [5, 5.41) is 8.43. The average Bonchev–Trinajstić information content (AvgIpc) is 2.25. The molecule has 0 N–H and O–H groups in total. The zero-order valence-electron chi connectivity index (χ0n) is 9.42. The Morgan fingerprint density at radius 1 is 1.33 bits per heavy atom. The first kappa shape index (κ1) is 11.6. The van der Waals surface area contributed by atoms with E-state index in [-0.39, 0.29) is 0 Å². The molecule has 0 amide bonds. The Labute approximate surface area is 91.5 Å². The van der Waals surface area contributed by atoms with Crippen LogP contribution in [0, 0.1) is 18.3 Å². The summed E-state index contributed by atoms with van der Waals surface area (Å²) in [7, 11) is 1.70. The molecule has 15 heavy (non-hydrogen) atoms. The lowest BCUT2D eigenvalue weighted by atomic mass is 10.0. The second-order valence-corrected chi connectivity index (χ2v) is 3.68. The van der Waals surface area contributed by atoms with Gasteiger partial charge in [-0.1, -0.05) is 17.7 Å². The molecule has 1 aromatic carbocycles. The maximum Gasteiger partial charge on any atom is 0.122 e. The molecule has 2 heteroatoms. The van der Waals surface area contributed by atoms with Crippen LogP contribution in [-0.2, 0) is 6.42 Å². The number of benzene rings is 1. The highest BCUT2D eigenvalue weighted by atomic mass is 16.5. The molecule has 1 rings (SSSR count). The molecule has 0 fully saturated rings. The van der Waals surface area contributed by atoms with Gasteiger partial charge in [0.15, 0.2) is 0 Å². The van der Waals surface area contributed by atoms with Gasteiger partial charge in [0, 0.05) is 6.42 Å². The molecule has 0 bridgehead atoms. The van der Waals surface area contributed by atoms with Gasteiger partial charge in [0.1, 0.15) is 5.75 Å². The van der Waals surface area contributed by atoms with E-state index >= 15 is 0 Å². The van der Waals surface area contributed by atoms with Crippen LogP contribution in [0.3, 0.4) is 0 Å². The summed E-state index contributed by atoms with van der Waals surface area (Å²) in [4.78, 5) is 0. The second-order valence-electron chi connectivity index (χ2n) is 3.68. The van der Waals surface area contributed by atoms with Crippen molar-refractivity contribution in [3.8, 4) is 11.8 Å². The zero-order valence-corrected chi connectivity index (χ0v) is 9.42. The van der Waals surface area contributed by atoms with Crippen LogP contribution in [0.15, 0.2) is 18.2 Å². The van der Waals surface area contributed by atoms with E-state index in [1.54, 1.807) is 7.11 Å². The average molecular weight is 203 g/mol. The predicted octanol–water partition coefficient (Wildman–Crippen LogP) is 3.24. The summed E-state index contributed by atoms with van der Waals surface area (Å²) < 4.78 is 5.29. The van der Waals surface area contributed by atoms with Gasteiger partial charge in [0.25, 0.3) is 0 Å². The quantitative estimate of drug-likeness (QED) is 0.688. The highest BCUT2D eigenvalue weighted by Crippen LogP contribution is 2.21. The van der Waals surface area contributed by atoms with Crippen molar-refractivity contribution in [1.82, 2.24) is 0 Å². The number of rotatable bonds is 5. The molecule has 1 aromatic rings. The zero-order chi connectivity index (χ0) is 11.1. The van der Waals surface area contributed by atoms with Gasteiger partial charge >= 0.3 is 0 Å². The van der Waals surface area contributed by atoms with E-state index in [1.165, 1.54) is 11.1 Å². The molecule has 0 atom stereocenters. The lowest BCUT2D eigenvalue weighted by Crippen LogP contribution is -1.93. The number of hydrogen-bond donors (Lipinski definition) is 0. The van der Waals surface area contributed by atoms with Gasteiger partial charge in [-0.05, 0) is 37.8 Å². The topological polar surface area (TPSA) is 33.0 Å². The summed E-state index contributed by atoms with van der Waals surface area (Å²) in [6.07, 6.45) is 3.65. The van der Waals surface area contributed by atoms with Gasteiger partial charge in [0.2, 0.25) is 0 Å². The molecule has 0 radical (unpaired) electrons. The van der Waals surface area contributed by atoms with Crippen LogP contribution in [0.25, 0.3) is 0 Å². The summed E-state index contributed by atoms with van der Waals surface area (Å²) in [5.74, 6) is 0.956. The van der Waals surface area contributed by atoms with E-state index in [0.29, 0.717) is 6.42 Å².